The van der Waals surface area contributed by atoms with Crippen molar-refractivity contribution < 1.29 is 0 Å². The molecule has 3 heteroatoms. The first kappa shape index (κ1) is 7.31. The number of imidazole rings is 1. The molecular formula is C9H8N2S. The van der Waals surface area contributed by atoms with Crippen LogP contribution in [0, 0.1) is 0 Å². The highest BCUT2D eigenvalue weighted by molar-refractivity contribution is 7.13. The van der Waals surface area contributed by atoms with E-state index in [1.807, 2.05) is 17.6 Å². The number of nitrogens with zero attached hydrogens (tertiary/aromatic N) is 1. The van der Waals surface area contributed by atoms with Gasteiger partial charge in [-0.1, -0.05) is 12.6 Å². The van der Waals surface area contributed by atoms with Crippen LogP contribution in [-0.2, 0) is 0 Å². The minimum absolute atomic E-state index is 0.818. The largest absolute Gasteiger partial charge is 0.338 e. The maximum Gasteiger partial charge on any atom is 0.129 e. The molecule has 0 saturated carbocycles. The van der Waals surface area contributed by atoms with Crippen molar-refractivity contribution in [1.29, 1.82) is 0 Å². The fraction of sp³-hybridized carbons (Fsp3) is 0. The van der Waals surface area contributed by atoms with Crippen LogP contribution < -0.4 is 0 Å². The zero-order chi connectivity index (χ0) is 8.39. The summed E-state index contributed by atoms with van der Waals surface area (Å²) in [6, 6.07) is 4.08. The Morgan fingerprint density at radius 1 is 1.58 bits per heavy atom. The van der Waals surface area contributed by atoms with Crippen molar-refractivity contribution in [3.8, 4) is 10.6 Å². The summed E-state index contributed by atoms with van der Waals surface area (Å²) in [6.45, 7) is 3.64. The number of aromatic amines is 1. The van der Waals surface area contributed by atoms with E-state index < -0.39 is 0 Å². The lowest BCUT2D eigenvalue weighted by atomic mass is 10.4. The van der Waals surface area contributed by atoms with Crippen molar-refractivity contribution >= 4 is 17.4 Å². The van der Waals surface area contributed by atoms with Crippen LogP contribution in [0.4, 0.5) is 0 Å². The fourth-order valence-electron chi connectivity index (χ4n) is 0.997. The summed E-state index contributed by atoms with van der Waals surface area (Å²) < 4.78 is 0. The molecule has 0 aliphatic heterocycles. The van der Waals surface area contributed by atoms with Gasteiger partial charge in [-0.05, 0) is 17.5 Å². The molecule has 0 aliphatic rings. The van der Waals surface area contributed by atoms with E-state index in [4.69, 9.17) is 0 Å². The van der Waals surface area contributed by atoms with Crippen molar-refractivity contribution in [2.24, 2.45) is 0 Å². The molecule has 0 aromatic carbocycles. The predicted molar refractivity (Wildman–Crippen MR) is 52.0 cm³/mol. The Morgan fingerprint density at radius 3 is 3.08 bits per heavy atom. The van der Waals surface area contributed by atoms with Crippen molar-refractivity contribution in [3.05, 3.63) is 36.1 Å². The molecule has 2 nitrogen and oxygen atoms in total. The Morgan fingerprint density at radius 2 is 2.50 bits per heavy atom. The van der Waals surface area contributed by atoms with Crippen LogP contribution in [0.1, 0.15) is 5.82 Å². The molecule has 2 rings (SSSR count). The second-order valence-electron chi connectivity index (χ2n) is 2.36. The van der Waals surface area contributed by atoms with E-state index in [1.165, 1.54) is 4.88 Å². The van der Waals surface area contributed by atoms with Crippen molar-refractivity contribution in [2.45, 2.75) is 0 Å². The molecule has 0 saturated heterocycles. The molecule has 0 radical (unpaired) electrons. The second-order valence-corrected chi connectivity index (χ2v) is 3.31. The number of rotatable bonds is 2. The Bertz CT molecular complexity index is 373. The van der Waals surface area contributed by atoms with Crippen LogP contribution in [0.3, 0.4) is 0 Å². The standard InChI is InChI=1S/C9H8N2S/c1-2-9-10-6-7(11-9)8-4-3-5-12-8/h2-6H,1H2,(H,10,11). The molecule has 0 aliphatic carbocycles. The molecule has 0 atom stereocenters. The molecule has 12 heavy (non-hydrogen) atoms. The maximum atomic E-state index is 4.12. The molecule has 2 heterocycles. The monoisotopic (exact) mass is 176 g/mol. The number of thiophene rings is 1. The predicted octanol–water partition coefficient (Wildman–Crippen LogP) is 2.78. The van der Waals surface area contributed by atoms with E-state index in [2.05, 4.69) is 22.6 Å². The highest BCUT2D eigenvalue weighted by Gasteiger charge is 2.00. The first-order chi connectivity index (χ1) is 5.90. The normalized spacial score (nSPS) is 10.0. The summed E-state index contributed by atoms with van der Waals surface area (Å²) in [4.78, 5) is 8.47. The van der Waals surface area contributed by atoms with Crippen LogP contribution in [0.5, 0.6) is 0 Å². The van der Waals surface area contributed by atoms with Gasteiger partial charge in [-0.15, -0.1) is 11.3 Å². The molecule has 0 unspecified atom stereocenters. The summed E-state index contributed by atoms with van der Waals surface area (Å²) >= 11 is 1.69. The molecular weight excluding hydrogens is 168 g/mol. The van der Waals surface area contributed by atoms with Gasteiger partial charge in [0.15, 0.2) is 0 Å². The smallest absolute Gasteiger partial charge is 0.129 e. The highest BCUT2D eigenvalue weighted by Crippen LogP contribution is 2.22. The van der Waals surface area contributed by atoms with Gasteiger partial charge in [0.1, 0.15) is 5.82 Å². The minimum Gasteiger partial charge on any atom is -0.338 e. The van der Waals surface area contributed by atoms with Gasteiger partial charge in [0.05, 0.1) is 16.8 Å². The Kier molecular flexibility index (Phi) is 1.80. The lowest BCUT2D eigenvalue weighted by Gasteiger charge is -1.87. The van der Waals surface area contributed by atoms with Gasteiger partial charge in [-0.3, -0.25) is 0 Å². The van der Waals surface area contributed by atoms with Crippen LogP contribution >= 0.6 is 11.3 Å². The number of H-pyrrole nitrogens is 1. The third kappa shape index (κ3) is 1.19. The average molecular weight is 176 g/mol. The van der Waals surface area contributed by atoms with Crippen molar-refractivity contribution in [2.75, 3.05) is 0 Å². The van der Waals surface area contributed by atoms with Gasteiger partial charge in [-0.2, -0.15) is 0 Å². The minimum atomic E-state index is 0.818. The van der Waals surface area contributed by atoms with E-state index in [0.717, 1.165) is 11.5 Å². The fourth-order valence-corrected chi connectivity index (χ4v) is 1.69. The first-order valence-electron chi connectivity index (χ1n) is 3.61. The Labute approximate surface area is 74.6 Å². The highest BCUT2D eigenvalue weighted by atomic mass is 32.1. The van der Waals surface area contributed by atoms with Crippen LogP contribution in [0.2, 0.25) is 0 Å². The third-order valence-electron chi connectivity index (χ3n) is 1.58. The van der Waals surface area contributed by atoms with Gasteiger partial charge in [-0.25, -0.2) is 4.98 Å². The van der Waals surface area contributed by atoms with E-state index in [0.29, 0.717) is 0 Å². The van der Waals surface area contributed by atoms with Crippen molar-refractivity contribution in [1.82, 2.24) is 9.97 Å². The molecule has 60 valence electrons. The number of hydrogen-bond donors (Lipinski definition) is 1. The summed E-state index contributed by atoms with van der Waals surface area (Å²) in [5.74, 6) is 0.818. The van der Waals surface area contributed by atoms with Crippen LogP contribution in [0.25, 0.3) is 16.6 Å². The summed E-state index contributed by atoms with van der Waals surface area (Å²) in [5.41, 5.74) is 1.06. The Hall–Kier alpha value is -1.35. The number of hydrogen-bond acceptors (Lipinski definition) is 2. The molecule has 0 fully saturated rings. The van der Waals surface area contributed by atoms with Gasteiger partial charge < -0.3 is 4.98 Å². The van der Waals surface area contributed by atoms with Crippen LogP contribution in [-0.4, -0.2) is 9.97 Å². The van der Waals surface area contributed by atoms with Gasteiger partial charge in [0.25, 0.3) is 0 Å². The van der Waals surface area contributed by atoms with Gasteiger partial charge in [0, 0.05) is 0 Å². The van der Waals surface area contributed by atoms with Crippen LogP contribution in [0.15, 0.2) is 30.3 Å². The zero-order valence-corrected chi connectivity index (χ0v) is 7.27. The molecule has 1 N–H and O–H groups in total. The molecule has 2 aromatic rings. The van der Waals surface area contributed by atoms with E-state index in [-0.39, 0.29) is 0 Å². The molecule has 2 aromatic heterocycles. The summed E-state index contributed by atoms with van der Waals surface area (Å²) in [6.07, 6.45) is 3.53. The van der Waals surface area contributed by atoms with Crippen molar-refractivity contribution in [3.63, 3.8) is 0 Å². The van der Waals surface area contributed by atoms with E-state index in [1.54, 1.807) is 17.4 Å². The summed E-state index contributed by atoms with van der Waals surface area (Å²) in [7, 11) is 0. The second kappa shape index (κ2) is 2.95. The lowest BCUT2D eigenvalue weighted by molar-refractivity contribution is 1.27. The number of nitrogens with one attached hydrogen (secondary N) is 1. The topological polar surface area (TPSA) is 28.7 Å². The zero-order valence-electron chi connectivity index (χ0n) is 6.45. The first-order valence-corrected chi connectivity index (χ1v) is 4.49. The lowest BCUT2D eigenvalue weighted by Crippen LogP contribution is -1.72. The van der Waals surface area contributed by atoms with Gasteiger partial charge >= 0.3 is 0 Å². The Balaban J connectivity index is 2.41. The molecule has 0 spiro atoms. The number of aromatic nitrogens is 2. The SMILES string of the molecule is C=Cc1ncc(-c2cccs2)[nH]1. The maximum absolute atomic E-state index is 4.12. The summed E-state index contributed by atoms with van der Waals surface area (Å²) in [5, 5.41) is 2.05. The third-order valence-corrected chi connectivity index (χ3v) is 2.48. The quantitative estimate of drug-likeness (QED) is 0.748. The van der Waals surface area contributed by atoms with E-state index >= 15 is 0 Å². The molecule has 0 amide bonds. The van der Waals surface area contributed by atoms with E-state index in [9.17, 15) is 0 Å². The average Bonchev–Trinajstić information content (AvgIpc) is 2.75. The molecule has 0 bridgehead atoms. The van der Waals surface area contributed by atoms with Gasteiger partial charge in [0.2, 0.25) is 0 Å².